The first-order valence-corrected chi connectivity index (χ1v) is 8.13. The predicted molar refractivity (Wildman–Crippen MR) is 86.1 cm³/mol. The normalized spacial score (nSPS) is 26.2. The third-order valence-corrected chi connectivity index (χ3v) is 4.14. The molecule has 0 amide bonds. The highest BCUT2D eigenvalue weighted by Crippen LogP contribution is 2.32. The van der Waals surface area contributed by atoms with Crippen LogP contribution in [0.5, 0.6) is 0 Å². The van der Waals surface area contributed by atoms with Gasteiger partial charge in [0.2, 0.25) is 0 Å². The second-order valence-electron chi connectivity index (χ2n) is 5.92. The molecule has 0 radical (unpaired) electrons. The Balaban J connectivity index is 1.71. The number of hydrogen-bond donors (Lipinski definition) is 3. The molecular weight excluding hydrogens is 330 g/mol. The van der Waals surface area contributed by atoms with Gasteiger partial charge in [-0.3, -0.25) is 9.36 Å². The van der Waals surface area contributed by atoms with Crippen LogP contribution in [0.4, 0.5) is 5.82 Å². The van der Waals surface area contributed by atoms with Gasteiger partial charge < -0.3 is 25.4 Å². The molecule has 1 saturated heterocycles. The van der Waals surface area contributed by atoms with Crippen LogP contribution >= 0.6 is 0 Å². The van der Waals surface area contributed by atoms with E-state index < -0.39 is 24.5 Å². The Morgan fingerprint density at radius 3 is 2.92 bits per heavy atom. The number of nitrogens with zero attached hydrogens (tertiary/aromatic N) is 4. The highest BCUT2D eigenvalue weighted by Gasteiger charge is 2.44. The van der Waals surface area contributed by atoms with Gasteiger partial charge in [-0.2, -0.15) is 0 Å². The molecule has 136 valence electrons. The molecule has 3 heterocycles. The molecule has 1 aliphatic heterocycles. The number of rotatable bonds is 6. The van der Waals surface area contributed by atoms with Crippen molar-refractivity contribution in [2.45, 2.75) is 50.7 Å². The van der Waals surface area contributed by atoms with E-state index in [4.69, 9.17) is 15.2 Å². The van der Waals surface area contributed by atoms with Crippen molar-refractivity contribution in [3.63, 3.8) is 0 Å². The van der Waals surface area contributed by atoms with Gasteiger partial charge in [-0.1, -0.05) is 13.3 Å². The number of aromatic nitrogens is 4. The molecule has 1 fully saturated rings. The molecule has 3 rings (SSSR count). The molecule has 0 aliphatic carbocycles. The van der Waals surface area contributed by atoms with Crippen LogP contribution in [0.3, 0.4) is 0 Å². The molecule has 0 unspecified atom stereocenters. The van der Waals surface area contributed by atoms with Crippen molar-refractivity contribution in [1.29, 1.82) is 0 Å². The number of nitrogen functional groups attached to an aromatic ring is 1. The number of imidazole rings is 1. The third-order valence-electron chi connectivity index (χ3n) is 4.14. The molecule has 2 aromatic heterocycles. The lowest BCUT2D eigenvalue weighted by atomic mass is 10.1. The van der Waals surface area contributed by atoms with Crippen LogP contribution in [-0.2, 0) is 14.3 Å². The highest BCUT2D eigenvalue weighted by atomic mass is 16.6. The summed E-state index contributed by atoms with van der Waals surface area (Å²) in [6.07, 6.45) is 0.418. The number of unbranched alkanes of at least 4 members (excludes halogenated alkanes) is 1. The molecular formula is C15H21N5O5. The average Bonchev–Trinajstić information content (AvgIpc) is 3.15. The fraction of sp³-hybridized carbons (Fsp3) is 0.600. The first-order valence-electron chi connectivity index (χ1n) is 8.13. The number of aliphatic hydroxyl groups excluding tert-OH is 2. The van der Waals surface area contributed by atoms with E-state index >= 15 is 0 Å². The van der Waals surface area contributed by atoms with Crippen LogP contribution in [0.25, 0.3) is 11.2 Å². The van der Waals surface area contributed by atoms with Gasteiger partial charge >= 0.3 is 5.97 Å². The molecule has 4 atom stereocenters. The van der Waals surface area contributed by atoms with E-state index in [-0.39, 0.29) is 18.4 Å². The van der Waals surface area contributed by atoms with Crippen LogP contribution in [-0.4, -0.2) is 60.6 Å². The quantitative estimate of drug-likeness (QED) is 0.600. The molecule has 0 saturated carbocycles. The summed E-state index contributed by atoms with van der Waals surface area (Å²) >= 11 is 0. The number of carbonyl (C=O) groups excluding carboxylic acids is 1. The van der Waals surface area contributed by atoms with Crippen LogP contribution in [0.2, 0.25) is 0 Å². The smallest absolute Gasteiger partial charge is 0.305 e. The third kappa shape index (κ3) is 3.41. The Kier molecular flexibility index (Phi) is 5.11. The van der Waals surface area contributed by atoms with Gasteiger partial charge in [0.25, 0.3) is 0 Å². The lowest BCUT2D eigenvalue weighted by Gasteiger charge is -2.16. The minimum Gasteiger partial charge on any atom is -0.463 e. The summed E-state index contributed by atoms with van der Waals surface area (Å²) in [4.78, 5) is 23.7. The molecule has 2 aromatic rings. The summed E-state index contributed by atoms with van der Waals surface area (Å²) < 4.78 is 12.3. The van der Waals surface area contributed by atoms with Crippen LogP contribution < -0.4 is 5.73 Å². The zero-order chi connectivity index (χ0) is 18.0. The lowest BCUT2D eigenvalue weighted by Crippen LogP contribution is -2.34. The number of fused-ring (bicyclic) bond motifs is 1. The summed E-state index contributed by atoms with van der Waals surface area (Å²) in [5.74, 6) is -0.151. The summed E-state index contributed by atoms with van der Waals surface area (Å²) in [6.45, 7) is 1.84. The Morgan fingerprint density at radius 2 is 2.16 bits per heavy atom. The summed E-state index contributed by atoms with van der Waals surface area (Å²) in [6, 6.07) is 0. The molecule has 10 heteroatoms. The van der Waals surface area contributed by atoms with E-state index in [1.54, 1.807) is 0 Å². The zero-order valence-corrected chi connectivity index (χ0v) is 13.8. The Hall–Kier alpha value is -2.30. The number of hydrogen-bond acceptors (Lipinski definition) is 9. The highest BCUT2D eigenvalue weighted by molar-refractivity contribution is 5.81. The summed E-state index contributed by atoms with van der Waals surface area (Å²) in [5.41, 5.74) is 6.50. The van der Waals surface area contributed by atoms with Crippen molar-refractivity contribution in [2.75, 3.05) is 12.3 Å². The molecule has 0 bridgehead atoms. The second kappa shape index (κ2) is 7.30. The van der Waals surface area contributed by atoms with E-state index in [0.717, 1.165) is 12.8 Å². The van der Waals surface area contributed by atoms with Gasteiger partial charge in [-0.15, -0.1) is 0 Å². The predicted octanol–water partition coefficient (Wildman–Crippen LogP) is -0.239. The Morgan fingerprint density at radius 1 is 1.36 bits per heavy atom. The molecule has 10 nitrogen and oxygen atoms in total. The topological polar surface area (TPSA) is 146 Å². The van der Waals surface area contributed by atoms with E-state index in [1.807, 2.05) is 6.92 Å². The number of carbonyl (C=O) groups is 1. The standard InChI is InChI=1S/C15H21N5O5/c1-2-3-4-9(21)24-5-8-11(22)12(23)15(25-8)20-7-19-10-13(16)17-6-18-14(10)20/h6-8,11-12,15,22-23H,2-5H2,1H3,(H2,16,17,18)/t8-,11+,12+,15-/m1/s1. The maximum Gasteiger partial charge on any atom is 0.305 e. The fourth-order valence-electron chi connectivity index (χ4n) is 2.72. The molecule has 25 heavy (non-hydrogen) atoms. The molecule has 1 aliphatic rings. The van der Waals surface area contributed by atoms with Gasteiger partial charge in [-0.25, -0.2) is 15.0 Å². The van der Waals surface area contributed by atoms with E-state index in [1.165, 1.54) is 17.2 Å². The largest absolute Gasteiger partial charge is 0.463 e. The minimum absolute atomic E-state index is 0.138. The number of anilines is 1. The number of esters is 1. The van der Waals surface area contributed by atoms with E-state index in [0.29, 0.717) is 17.6 Å². The van der Waals surface area contributed by atoms with Gasteiger partial charge in [0.1, 0.15) is 36.8 Å². The number of nitrogens with two attached hydrogens (primary N) is 1. The van der Waals surface area contributed by atoms with Crippen molar-refractivity contribution in [1.82, 2.24) is 19.5 Å². The molecule has 0 aromatic carbocycles. The lowest BCUT2D eigenvalue weighted by molar-refractivity contribution is -0.150. The maximum atomic E-state index is 11.6. The van der Waals surface area contributed by atoms with Gasteiger partial charge in [0.05, 0.1) is 6.33 Å². The minimum atomic E-state index is -1.23. The Bertz CT molecular complexity index is 751. The first-order chi connectivity index (χ1) is 12.0. The van der Waals surface area contributed by atoms with Crippen molar-refractivity contribution < 1.29 is 24.5 Å². The number of ether oxygens (including phenoxy) is 2. The molecule has 4 N–H and O–H groups in total. The summed E-state index contributed by atoms with van der Waals surface area (Å²) in [5, 5.41) is 20.5. The van der Waals surface area contributed by atoms with Crippen LogP contribution in [0.1, 0.15) is 32.4 Å². The van der Waals surface area contributed by atoms with Crippen molar-refractivity contribution in [3.8, 4) is 0 Å². The Labute approximate surface area is 143 Å². The molecule has 0 spiro atoms. The van der Waals surface area contributed by atoms with E-state index in [2.05, 4.69) is 15.0 Å². The maximum absolute atomic E-state index is 11.6. The van der Waals surface area contributed by atoms with E-state index in [9.17, 15) is 15.0 Å². The van der Waals surface area contributed by atoms with Crippen LogP contribution in [0, 0.1) is 0 Å². The van der Waals surface area contributed by atoms with Gasteiger partial charge in [0.15, 0.2) is 17.7 Å². The van der Waals surface area contributed by atoms with Gasteiger partial charge in [-0.05, 0) is 6.42 Å². The monoisotopic (exact) mass is 351 g/mol. The zero-order valence-electron chi connectivity index (χ0n) is 13.8. The number of aliphatic hydroxyl groups is 2. The van der Waals surface area contributed by atoms with Crippen molar-refractivity contribution in [2.24, 2.45) is 0 Å². The van der Waals surface area contributed by atoms with Gasteiger partial charge in [0, 0.05) is 6.42 Å². The van der Waals surface area contributed by atoms with Crippen LogP contribution in [0.15, 0.2) is 12.7 Å². The van der Waals surface area contributed by atoms with Crippen molar-refractivity contribution >= 4 is 23.0 Å². The van der Waals surface area contributed by atoms with Crippen molar-refractivity contribution in [3.05, 3.63) is 12.7 Å². The SMILES string of the molecule is CCCCC(=O)OC[C@H]1O[C@@H](n2cnc3c(N)ncnc32)[C@@H](O)[C@H]1O. The fourth-order valence-corrected chi connectivity index (χ4v) is 2.72. The average molecular weight is 351 g/mol. The summed E-state index contributed by atoms with van der Waals surface area (Å²) in [7, 11) is 0. The second-order valence-corrected chi connectivity index (χ2v) is 5.92. The first kappa shape index (κ1) is 17.5.